The minimum absolute atomic E-state index is 0.699. The predicted octanol–water partition coefficient (Wildman–Crippen LogP) is 3.53. The number of hydrogen-bond acceptors (Lipinski definition) is 3. The minimum atomic E-state index is 0.699. The van der Waals surface area contributed by atoms with Gasteiger partial charge in [0.2, 0.25) is 0 Å². The van der Waals surface area contributed by atoms with E-state index in [2.05, 4.69) is 20.9 Å². The Labute approximate surface area is 109 Å². The van der Waals surface area contributed by atoms with Crippen LogP contribution in [-0.2, 0) is 0 Å². The SMILES string of the molecule is COc1cccc(-c2ccc(Br)cn2)c1OC. The molecule has 0 radical (unpaired) electrons. The molecule has 2 rings (SSSR count). The fourth-order valence-corrected chi connectivity index (χ4v) is 1.86. The van der Waals surface area contributed by atoms with E-state index in [0.29, 0.717) is 11.5 Å². The van der Waals surface area contributed by atoms with Gasteiger partial charge in [-0.15, -0.1) is 0 Å². The molecule has 1 heterocycles. The Morgan fingerprint density at radius 3 is 2.47 bits per heavy atom. The van der Waals surface area contributed by atoms with Gasteiger partial charge in [-0.2, -0.15) is 0 Å². The quantitative estimate of drug-likeness (QED) is 0.868. The lowest BCUT2D eigenvalue weighted by Crippen LogP contribution is -1.94. The molecule has 0 amide bonds. The molecule has 1 aromatic carbocycles. The zero-order valence-electron chi connectivity index (χ0n) is 9.61. The minimum Gasteiger partial charge on any atom is -0.493 e. The molecule has 0 unspecified atom stereocenters. The van der Waals surface area contributed by atoms with Crippen LogP contribution in [0.15, 0.2) is 41.0 Å². The second-order valence-corrected chi connectivity index (χ2v) is 4.32. The number of ether oxygens (including phenoxy) is 2. The summed E-state index contributed by atoms with van der Waals surface area (Å²) in [6.45, 7) is 0. The molecule has 88 valence electrons. The van der Waals surface area contributed by atoms with Crippen molar-refractivity contribution in [3.8, 4) is 22.8 Å². The van der Waals surface area contributed by atoms with Gasteiger partial charge >= 0.3 is 0 Å². The summed E-state index contributed by atoms with van der Waals surface area (Å²) in [5.74, 6) is 1.40. The molecule has 2 aromatic rings. The second-order valence-electron chi connectivity index (χ2n) is 3.40. The van der Waals surface area contributed by atoms with Crippen molar-refractivity contribution in [3.63, 3.8) is 0 Å². The third-order valence-corrected chi connectivity index (χ3v) is 2.88. The monoisotopic (exact) mass is 293 g/mol. The van der Waals surface area contributed by atoms with Crippen LogP contribution in [0.5, 0.6) is 11.5 Å². The van der Waals surface area contributed by atoms with E-state index in [0.717, 1.165) is 15.7 Å². The van der Waals surface area contributed by atoms with Crippen LogP contribution in [0.3, 0.4) is 0 Å². The summed E-state index contributed by atoms with van der Waals surface area (Å²) in [5.41, 5.74) is 1.77. The Kier molecular flexibility index (Phi) is 3.64. The lowest BCUT2D eigenvalue weighted by Gasteiger charge is -2.11. The maximum absolute atomic E-state index is 5.38. The van der Waals surface area contributed by atoms with E-state index in [1.807, 2.05) is 30.3 Å². The van der Waals surface area contributed by atoms with Crippen molar-refractivity contribution in [2.24, 2.45) is 0 Å². The number of methoxy groups -OCH3 is 2. The van der Waals surface area contributed by atoms with Crippen molar-refractivity contribution in [1.29, 1.82) is 0 Å². The molecule has 0 saturated heterocycles. The van der Waals surface area contributed by atoms with Crippen LogP contribution in [0.25, 0.3) is 11.3 Å². The van der Waals surface area contributed by atoms with Crippen molar-refractivity contribution in [2.45, 2.75) is 0 Å². The van der Waals surface area contributed by atoms with Gasteiger partial charge in [-0.25, -0.2) is 0 Å². The Balaban J connectivity index is 2.54. The molecule has 0 atom stereocenters. The first kappa shape index (κ1) is 11.9. The Morgan fingerprint density at radius 2 is 1.88 bits per heavy atom. The average molecular weight is 294 g/mol. The third kappa shape index (κ3) is 2.42. The van der Waals surface area contributed by atoms with E-state index < -0.39 is 0 Å². The number of pyridine rings is 1. The molecule has 3 nitrogen and oxygen atoms in total. The van der Waals surface area contributed by atoms with Gasteiger partial charge in [0.15, 0.2) is 11.5 Å². The highest BCUT2D eigenvalue weighted by Crippen LogP contribution is 2.36. The van der Waals surface area contributed by atoms with E-state index in [-0.39, 0.29) is 0 Å². The van der Waals surface area contributed by atoms with Crippen molar-refractivity contribution in [3.05, 3.63) is 41.0 Å². The van der Waals surface area contributed by atoms with Crippen LogP contribution in [0, 0.1) is 0 Å². The van der Waals surface area contributed by atoms with Crippen molar-refractivity contribution >= 4 is 15.9 Å². The molecule has 0 fully saturated rings. The molecule has 0 aliphatic rings. The normalized spacial score (nSPS) is 10.1. The summed E-state index contributed by atoms with van der Waals surface area (Å²) < 4.78 is 11.6. The van der Waals surface area contributed by atoms with E-state index in [4.69, 9.17) is 9.47 Å². The number of rotatable bonds is 3. The van der Waals surface area contributed by atoms with E-state index in [1.54, 1.807) is 20.4 Å². The van der Waals surface area contributed by atoms with Crippen LogP contribution in [0.1, 0.15) is 0 Å². The van der Waals surface area contributed by atoms with E-state index >= 15 is 0 Å². The third-order valence-electron chi connectivity index (χ3n) is 2.41. The molecular weight excluding hydrogens is 282 g/mol. The standard InChI is InChI=1S/C13H12BrNO2/c1-16-12-5-3-4-10(13(12)17-2)11-7-6-9(14)8-15-11/h3-8H,1-2H3. The van der Waals surface area contributed by atoms with Crippen LogP contribution >= 0.6 is 15.9 Å². The Hall–Kier alpha value is -1.55. The number of hydrogen-bond donors (Lipinski definition) is 0. The van der Waals surface area contributed by atoms with Crippen molar-refractivity contribution in [2.75, 3.05) is 14.2 Å². The van der Waals surface area contributed by atoms with Crippen LogP contribution in [0.2, 0.25) is 0 Å². The molecule has 0 aliphatic heterocycles. The fourth-order valence-electron chi connectivity index (χ4n) is 1.62. The molecule has 0 spiro atoms. The zero-order valence-corrected chi connectivity index (χ0v) is 11.2. The van der Waals surface area contributed by atoms with Gasteiger partial charge in [0.05, 0.1) is 19.9 Å². The first-order chi connectivity index (χ1) is 8.26. The second kappa shape index (κ2) is 5.19. The number of para-hydroxylation sites is 1. The van der Waals surface area contributed by atoms with Crippen molar-refractivity contribution < 1.29 is 9.47 Å². The molecule has 0 aliphatic carbocycles. The molecule has 0 bridgehead atoms. The van der Waals surface area contributed by atoms with Gasteiger partial charge in [0, 0.05) is 16.2 Å². The largest absolute Gasteiger partial charge is 0.493 e. The summed E-state index contributed by atoms with van der Waals surface area (Å²) in [6, 6.07) is 9.61. The lowest BCUT2D eigenvalue weighted by atomic mass is 10.1. The summed E-state index contributed by atoms with van der Waals surface area (Å²) in [6.07, 6.45) is 1.76. The van der Waals surface area contributed by atoms with Gasteiger partial charge < -0.3 is 9.47 Å². The first-order valence-electron chi connectivity index (χ1n) is 5.09. The number of halogens is 1. The highest BCUT2D eigenvalue weighted by atomic mass is 79.9. The average Bonchev–Trinajstić information content (AvgIpc) is 2.38. The molecule has 1 aromatic heterocycles. The topological polar surface area (TPSA) is 31.4 Å². The molecule has 0 saturated carbocycles. The van der Waals surface area contributed by atoms with E-state index in [9.17, 15) is 0 Å². The summed E-state index contributed by atoms with van der Waals surface area (Å²) >= 11 is 3.36. The van der Waals surface area contributed by atoms with Gasteiger partial charge in [0.25, 0.3) is 0 Å². The Morgan fingerprint density at radius 1 is 1.06 bits per heavy atom. The molecule has 4 heteroatoms. The van der Waals surface area contributed by atoms with Crippen molar-refractivity contribution in [1.82, 2.24) is 4.98 Å². The highest BCUT2D eigenvalue weighted by molar-refractivity contribution is 9.10. The predicted molar refractivity (Wildman–Crippen MR) is 70.5 cm³/mol. The molecular formula is C13H12BrNO2. The van der Waals surface area contributed by atoms with Gasteiger partial charge in [-0.05, 0) is 40.2 Å². The number of benzene rings is 1. The van der Waals surface area contributed by atoms with Crippen LogP contribution < -0.4 is 9.47 Å². The highest BCUT2D eigenvalue weighted by Gasteiger charge is 2.11. The summed E-state index contributed by atoms with van der Waals surface area (Å²) in [4.78, 5) is 4.35. The van der Waals surface area contributed by atoms with Crippen LogP contribution in [-0.4, -0.2) is 19.2 Å². The van der Waals surface area contributed by atoms with Gasteiger partial charge in [-0.1, -0.05) is 6.07 Å². The smallest absolute Gasteiger partial charge is 0.170 e. The molecule has 17 heavy (non-hydrogen) atoms. The van der Waals surface area contributed by atoms with Gasteiger partial charge in [0.1, 0.15) is 0 Å². The molecule has 0 N–H and O–H groups in total. The van der Waals surface area contributed by atoms with Gasteiger partial charge in [-0.3, -0.25) is 4.98 Å². The Bertz CT molecular complexity index is 511. The number of nitrogens with zero attached hydrogens (tertiary/aromatic N) is 1. The maximum Gasteiger partial charge on any atom is 0.170 e. The van der Waals surface area contributed by atoms with Crippen LogP contribution in [0.4, 0.5) is 0 Å². The maximum atomic E-state index is 5.38. The number of aromatic nitrogens is 1. The summed E-state index contributed by atoms with van der Waals surface area (Å²) in [5, 5.41) is 0. The first-order valence-corrected chi connectivity index (χ1v) is 5.88. The fraction of sp³-hybridized carbons (Fsp3) is 0.154. The zero-order chi connectivity index (χ0) is 12.3. The van der Waals surface area contributed by atoms with E-state index in [1.165, 1.54) is 0 Å². The summed E-state index contributed by atoms with van der Waals surface area (Å²) in [7, 11) is 3.25. The lowest BCUT2D eigenvalue weighted by molar-refractivity contribution is 0.356.